The first kappa shape index (κ1) is 13.3. The van der Waals surface area contributed by atoms with E-state index in [1.54, 1.807) is 23.6 Å². The second kappa shape index (κ2) is 6.20. The van der Waals surface area contributed by atoms with Gasteiger partial charge in [-0.15, -0.1) is 10.2 Å². The molecule has 20 heavy (non-hydrogen) atoms. The zero-order valence-electron chi connectivity index (χ0n) is 10.8. The van der Waals surface area contributed by atoms with E-state index in [0.29, 0.717) is 5.56 Å². The van der Waals surface area contributed by atoms with E-state index in [2.05, 4.69) is 26.2 Å². The van der Waals surface area contributed by atoms with Crippen LogP contribution in [-0.2, 0) is 0 Å². The maximum atomic E-state index is 8.74. The average molecular weight is 303 g/mol. The first-order valence-corrected chi connectivity index (χ1v) is 8.11. The van der Waals surface area contributed by atoms with E-state index in [9.17, 15) is 0 Å². The van der Waals surface area contributed by atoms with Crippen molar-refractivity contribution in [2.24, 2.45) is 0 Å². The molecular weight excluding hydrogens is 290 g/mol. The summed E-state index contributed by atoms with van der Waals surface area (Å²) in [6, 6.07) is 5.67. The zero-order valence-corrected chi connectivity index (χ0v) is 12.5. The van der Waals surface area contributed by atoms with Crippen LogP contribution >= 0.6 is 23.1 Å². The van der Waals surface area contributed by atoms with Gasteiger partial charge in [0.1, 0.15) is 11.1 Å². The van der Waals surface area contributed by atoms with Crippen LogP contribution in [0.25, 0.3) is 0 Å². The van der Waals surface area contributed by atoms with Crippen molar-refractivity contribution in [2.75, 3.05) is 18.0 Å². The third-order valence-corrected chi connectivity index (χ3v) is 5.07. The molecule has 0 saturated carbocycles. The highest BCUT2D eigenvalue weighted by Gasteiger charge is 2.16. The van der Waals surface area contributed by atoms with E-state index >= 15 is 0 Å². The van der Waals surface area contributed by atoms with Crippen LogP contribution in [0.3, 0.4) is 0 Å². The Morgan fingerprint density at radius 3 is 2.75 bits per heavy atom. The standard InChI is InChI=1S/C13H13N5S2/c14-8-10-4-5-11(15-9-10)19-13-17-16-12(20-13)18-6-2-1-3-7-18/h4-5,9H,1-3,6-7H2. The maximum Gasteiger partial charge on any atom is 0.209 e. The lowest BCUT2D eigenvalue weighted by Crippen LogP contribution is -2.29. The largest absolute Gasteiger partial charge is 0.347 e. The third kappa shape index (κ3) is 3.08. The quantitative estimate of drug-likeness (QED) is 0.868. The highest BCUT2D eigenvalue weighted by atomic mass is 32.2. The zero-order chi connectivity index (χ0) is 13.8. The summed E-state index contributed by atoms with van der Waals surface area (Å²) >= 11 is 3.10. The smallest absolute Gasteiger partial charge is 0.209 e. The van der Waals surface area contributed by atoms with Crippen LogP contribution in [0.4, 0.5) is 5.13 Å². The molecule has 0 N–H and O–H groups in total. The number of piperidine rings is 1. The number of anilines is 1. The second-order valence-electron chi connectivity index (χ2n) is 4.50. The summed E-state index contributed by atoms with van der Waals surface area (Å²) in [6.45, 7) is 2.16. The highest BCUT2D eigenvalue weighted by molar-refractivity contribution is 8.01. The average Bonchev–Trinajstić information content (AvgIpc) is 2.97. The number of rotatable bonds is 3. The minimum atomic E-state index is 0.570. The molecule has 2 aromatic heterocycles. The highest BCUT2D eigenvalue weighted by Crippen LogP contribution is 2.33. The molecule has 0 amide bonds. The SMILES string of the molecule is N#Cc1ccc(Sc2nnc(N3CCCCC3)s2)nc1. The molecule has 1 aliphatic heterocycles. The summed E-state index contributed by atoms with van der Waals surface area (Å²) in [5.74, 6) is 0. The van der Waals surface area contributed by atoms with Crippen LogP contribution in [0, 0.1) is 11.3 Å². The molecule has 0 radical (unpaired) electrons. The van der Waals surface area contributed by atoms with Crippen LogP contribution in [0.15, 0.2) is 27.7 Å². The number of nitriles is 1. The fourth-order valence-corrected chi connectivity index (χ4v) is 3.83. The van der Waals surface area contributed by atoms with Gasteiger partial charge in [-0.1, -0.05) is 11.3 Å². The second-order valence-corrected chi connectivity index (χ2v) is 6.72. The molecule has 0 atom stereocenters. The van der Waals surface area contributed by atoms with Gasteiger partial charge < -0.3 is 4.90 Å². The minimum Gasteiger partial charge on any atom is -0.347 e. The van der Waals surface area contributed by atoms with E-state index in [0.717, 1.165) is 27.6 Å². The Kier molecular flexibility index (Phi) is 4.14. The lowest BCUT2D eigenvalue weighted by atomic mass is 10.1. The summed E-state index contributed by atoms with van der Waals surface area (Å²) < 4.78 is 0.891. The predicted octanol–water partition coefficient (Wildman–Crippen LogP) is 2.95. The van der Waals surface area contributed by atoms with Gasteiger partial charge in [-0.05, 0) is 43.2 Å². The van der Waals surface area contributed by atoms with Crippen molar-refractivity contribution in [1.29, 1.82) is 5.26 Å². The molecule has 2 aromatic rings. The van der Waals surface area contributed by atoms with E-state index in [4.69, 9.17) is 5.26 Å². The number of hydrogen-bond donors (Lipinski definition) is 0. The van der Waals surface area contributed by atoms with Crippen molar-refractivity contribution in [3.8, 4) is 6.07 Å². The Balaban J connectivity index is 1.68. The molecule has 0 unspecified atom stereocenters. The van der Waals surface area contributed by atoms with Crippen LogP contribution in [0.1, 0.15) is 24.8 Å². The van der Waals surface area contributed by atoms with Crippen LogP contribution in [-0.4, -0.2) is 28.3 Å². The number of aromatic nitrogens is 3. The first-order valence-electron chi connectivity index (χ1n) is 6.47. The Morgan fingerprint density at radius 1 is 1.20 bits per heavy atom. The van der Waals surface area contributed by atoms with Gasteiger partial charge in [-0.25, -0.2) is 4.98 Å². The van der Waals surface area contributed by atoms with Crippen molar-refractivity contribution in [1.82, 2.24) is 15.2 Å². The lowest BCUT2D eigenvalue weighted by Gasteiger charge is -2.25. The summed E-state index contributed by atoms with van der Waals surface area (Å²) in [4.78, 5) is 6.54. The van der Waals surface area contributed by atoms with Crippen molar-refractivity contribution < 1.29 is 0 Å². The number of nitrogens with zero attached hydrogens (tertiary/aromatic N) is 5. The van der Waals surface area contributed by atoms with Crippen molar-refractivity contribution in [2.45, 2.75) is 28.6 Å². The van der Waals surface area contributed by atoms with Crippen molar-refractivity contribution in [3.63, 3.8) is 0 Å². The van der Waals surface area contributed by atoms with E-state index in [1.807, 2.05) is 6.07 Å². The minimum absolute atomic E-state index is 0.570. The third-order valence-electron chi connectivity index (χ3n) is 3.08. The van der Waals surface area contributed by atoms with Crippen molar-refractivity contribution >= 4 is 28.2 Å². The van der Waals surface area contributed by atoms with Crippen molar-refractivity contribution in [3.05, 3.63) is 23.9 Å². The topological polar surface area (TPSA) is 65.7 Å². The van der Waals surface area contributed by atoms with E-state index < -0.39 is 0 Å². The van der Waals surface area contributed by atoms with Gasteiger partial charge in [0.2, 0.25) is 5.13 Å². The molecule has 0 spiro atoms. The monoisotopic (exact) mass is 303 g/mol. The molecular formula is C13H13N5S2. The molecule has 3 heterocycles. The van der Waals surface area contributed by atoms with Gasteiger partial charge in [0.15, 0.2) is 4.34 Å². The van der Waals surface area contributed by atoms with E-state index in [-0.39, 0.29) is 0 Å². The first-order chi connectivity index (χ1) is 9.85. The summed E-state index contributed by atoms with van der Waals surface area (Å²) in [7, 11) is 0. The molecule has 5 nitrogen and oxygen atoms in total. The molecule has 102 valence electrons. The molecule has 7 heteroatoms. The fraction of sp³-hybridized carbons (Fsp3) is 0.385. The molecule has 1 saturated heterocycles. The van der Waals surface area contributed by atoms with Crippen LogP contribution < -0.4 is 4.90 Å². The molecule has 1 aliphatic rings. The fourth-order valence-electron chi connectivity index (χ4n) is 2.05. The van der Waals surface area contributed by atoms with Gasteiger partial charge in [0.05, 0.1) is 5.56 Å². The van der Waals surface area contributed by atoms with Gasteiger partial charge >= 0.3 is 0 Å². The predicted molar refractivity (Wildman–Crippen MR) is 79.0 cm³/mol. The Labute approximate surface area is 125 Å². The lowest BCUT2D eigenvalue weighted by molar-refractivity contribution is 0.575. The summed E-state index contributed by atoms with van der Waals surface area (Å²) in [5.41, 5.74) is 0.570. The molecule has 0 aliphatic carbocycles. The Hall–Kier alpha value is -1.65. The molecule has 1 fully saturated rings. The van der Waals surface area contributed by atoms with Gasteiger partial charge in [0.25, 0.3) is 0 Å². The molecule has 0 bridgehead atoms. The maximum absolute atomic E-state index is 8.74. The summed E-state index contributed by atoms with van der Waals surface area (Å²) in [6.07, 6.45) is 5.36. The summed E-state index contributed by atoms with van der Waals surface area (Å²) in [5, 5.41) is 19.1. The normalized spacial score (nSPS) is 15.1. The van der Waals surface area contributed by atoms with Gasteiger partial charge in [-0.3, -0.25) is 0 Å². The Morgan fingerprint density at radius 2 is 2.05 bits per heavy atom. The van der Waals surface area contributed by atoms with Gasteiger partial charge in [0, 0.05) is 19.3 Å². The Bertz CT molecular complexity index is 610. The molecule has 3 rings (SSSR count). The molecule has 0 aromatic carbocycles. The van der Waals surface area contributed by atoms with Crippen LogP contribution in [0.2, 0.25) is 0 Å². The van der Waals surface area contributed by atoms with Gasteiger partial charge in [-0.2, -0.15) is 5.26 Å². The number of pyridine rings is 1. The number of hydrogen-bond acceptors (Lipinski definition) is 7. The van der Waals surface area contributed by atoms with Crippen LogP contribution in [0.5, 0.6) is 0 Å². The van der Waals surface area contributed by atoms with E-state index in [1.165, 1.54) is 31.0 Å².